The number of fused-ring (bicyclic) bond motifs is 3. The van der Waals surface area contributed by atoms with E-state index in [0.717, 1.165) is 53.5 Å². The molecule has 0 atom stereocenters. The highest BCUT2D eigenvalue weighted by Crippen LogP contribution is 2.29. The van der Waals surface area contributed by atoms with E-state index < -0.39 is 0 Å². The molecule has 0 spiro atoms. The normalized spacial score (nSPS) is 13.9. The summed E-state index contributed by atoms with van der Waals surface area (Å²) in [5, 5.41) is 1.04. The molecule has 1 aliphatic rings. The molecule has 4 nitrogen and oxygen atoms in total. The third-order valence-electron chi connectivity index (χ3n) is 5.01. The van der Waals surface area contributed by atoms with E-state index in [1.807, 2.05) is 42.5 Å². The van der Waals surface area contributed by atoms with Crippen LogP contribution >= 0.6 is 0 Å². The zero-order chi connectivity index (χ0) is 17.9. The van der Waals surface area contributed by atoms with Gasteiger partial charge in [-0.1, -0.05) is 18.6 Å². The Morgan fingerprint density at radius 3 is 2.42 bits per heavy atom. The van der Waals surface area contributed by atoms with E-state index in [0.29, 0.717) is 17.9 Å². The first-order valence-electron chi connectivity index (χ1n) is 9.09. The van der Waals surface area contributed by atoms with Crippen molar-refractivity contribution in [2.75, 3.05) is 7.11 Å². The zero-order valence-corrected chi connectivity index (χ0v) is 14.9. The first-order valence-corrected chi connectivity index (χ1v) is 9.09. The Hall–Kier alpha value is -2.75. The van der Waals surface area contributed by atoms with E-state index in [-0.39, 0.29) is 5.63 Å². The van der Waals surface area contributed by atoms with Gasteiger partial charge in [-0.05, 0) is 61.1 Å². The van der Waals surface area contributed by atoms with Crippen LogP contribution in [0.5, 0.6) is 11.5 Å². The maximum Gasteiger partial charge on any atom is 0.339 e. The Morgan fingerprint density at radius 2 is 1.65 bits per heavy atom. The van der Waals surface area contributed by atoms with E-state index in [9.17, 15) is 4.79 Å². The minimum atomic E-state index is -0.193. The van der Waals surface area contributed by atoms with Gasteiger partial charge in [0.2, 0.25) is 0 Å². The van der Waals surface area contributed by atoms with Crippen molar-refractivity contribution in [3.8, 4) is 11.5 Å². The predicted molar refractivity (Wildman–Crippen MR) is 101 cm³/mol. The van der Waals surface area contributed by atoms with Gasteiger partial charge >= 0.3 is 5.63 Å². The fourth-order valence-corrected chi connectivity index (χ4v) is 3.58. The van der Waals surface area contributed by atoms with Gasteiger partial charge < -0.3 is 13.9 Å². The molecule has 0 radical (unpaired) electrons. The van der Waals surface area contributed by atoms with Crippen molar-refractivity contribution in [2.45, 2.75) is 38.7 Å². The van der Waals surface area contributed by atoms with Crippen LogP contribution in [0.1, 0.15) is 36.0 Å². The lowest BCUT2D eigenvalue weighted by Gasteiger charge is -2.11. The number of aryl methyl sites for hydroxylation is 1. The highest BCUT2D eigenvalue weighted by Gasteiger charge is 2.17. The SMILES string of the molecule is COc1ccc(COc2ccc3c4c(c(=O)oc3c2)CCCCC4)cc1. The second-order valence-electron chi connectivity index (χ2n) is 6.70. The average Bonchev–Trinajstić information content (AvgIpc) is 2.93. The van der Waals surface area contributed by atoms with Crippen LogP contribution in [-0.4, -0.2) is 7.11 Å². The Morgan fingerprint density at radius 1 is 0.923 bits per heavy atom. The first kappa shape index (κ1) is 16.7. The van der Waals surface area contributed by atoms with Crippen molar-refractivity contribution in [3.63, 3.8) is 0 Å². The van der Waals surface area contributed by atoms with Crippen LogP contribution < -0.4 is 15.1 Å². The summed E-state index contributed by atoms with van der Waals surface area (Å²) in [5.41, 5.74) is 3.50. The van der Waals surface area contributed by atoms with E-state index in [1.54, 1.807) is 7.11 Å². The van der Waals surface area contributed by atoms with Crippen LogP contribution in [0.15, 0.2) is 51.7 Å². The Bertz CT molecular complexity index is 970. The van der Waals surface area contributed by atoms with Gasteiger partial charge in [0.1, 0.15) is 23.7 Å². The van der Waals surface area contributed by atoms with Gasteiger partial charge in [0.15, 0.2) is 0 Å². The maximum atomic E-state index is 12.4. The van der Waals surface area contributed by atoms with Crippen LogP contribution in [0.4, 0.5) is 0 Å². The lowest BCUT2D eigenvalue weighted by Crippen LogP contribution is -2.10. The van der Waals surface area contributed by atoms with Crippen molar-refractivity contribution in [2.24, 2.45) is 0 Å². The van der Waals surface area contributed by atoms with Gasteiger partial charge in [0.25, 0.3) is 0 Å². The molecular weight excluding hydrogens is 328 g/mol. The van der Waals surface area contributed by atoms with Crippen LogP contribution in [-0.2, 0) is 19.4 Å². The molecule has 4 heteroatoms. The molecule has 1 heterocycles. The second-order valence-corrected chi connectivity index (χ2v) is 6.70. The zero-order valence-electron chi connectivity index (χ0n) is 14.9. The summed E-state index contributed by atoms with van der Waals surface area (Å²) in [6.45, 7) is 0.449. The summed E-state index contributed by atoms with van der Waals surface area (Å²) in [7, 11) is 1.65. The largest absolute Gasteiger partial charge is 0.497 e. The fraction of sp³-hybridized carbons (Fsp3) is 0.318. The number of hydrogen-bond acceptors (Lipinski definition) is 4. The summed E-state index contributed by atoms with van der Waals surface area (Å²) >= 11 is 0. The van der Waals surface area contributed by atoms with Gasteiger partial charge in [-0.15, -0.1) is 0 Å². The quantitative estimate of drug-likeness (QED) is 0.508. The van der Waals surface area contributed by atoms with Gasteiger partial charge in [0.05, 0.1) is 7.11 Å². The molecule has 3 aromatic rings. The maximum absolute atomic E-state index is 12.4. The molecule has 0 unspecified atom stereocenters. The molecule has 0 fully saturated rings. The van der Waals surface area contributed by atoms with Crippen LogP contribution in [0.25, 0.3) is 11.0 Å². The van der Waals surface area contributed by atoms with Gasteiger partial charge in [-0.2, -0.15) is 0 Å². The molecule has 4 rings (SSSR count). The minimum absolute atomic E-state index is 0.193. The smallest absolute Gasteiger partial charge is 0.339 e. The van der Waals surface area contributed by atoms with E-state index in [2.05, 4.69) is 0 Å². The summed E-state index contributed by atoms with van der Waals surface area (Å²) in [5.74, 6) is 1.52. The Kier molecular flexibility index (Phi) is 4.65. The van der Waals surface area contributed by atoms with Crippen LogP contribution in [0.2, 0.25) is 0 Å². The highest BCUT2D eigenvalue weighted by molar-refractivity contribution is 5.82. The average molecular weight is 350 g/mol. The minimum Gasteiger partial charge on any atom is -0.497 e. The summed E-state index contributed by atoms with van der Waals surface area (Å²) in [6.07, 6.45) is 5.12. The van der Waals surface area contributed by atoms with Crippen LogP contribution in [0.3, 0.4) is 0 Å². The lowest BCUT2D eigenvalue weighted by molar-refractivity contribution is 0.306. The van der Waals surface area contributed by atoms with Crippen LogP contribution in [0, 0.1) is 0 Å². The van der Waals surface area contributed by atoms with Crippen molar-refractivity contribution in [3.05, 3.63) is 69.6 Å². The third kappa shape index (κ3) is 3.32. The monoisotopic (exact) mass is 350 g/mol. The molecule has 134 valence electrons. The van der Waals surface area contributed by atoms with Crippen molar-refractivity contribution < 1.29 is 13.9 Å². The summed E-state index contributed by atoms with van der Waals surface area (Å²) in [6, 6.07) is 13.6. The Labute approximate surface area is 152 Å². The van der Waals surface area contributed by atoms with Gasteiger partial charge in [-0.25, -0.2) is 4.79 Å². The molecule has 0 N–H and O–H groups in total. The molecule has 2 aromatic carbocycles. The molecule has 0 aliphatic heterocycles. The Balaban J connectivity index is 1.60. The predicted octanol–water partition coefficient (Wildman–Crippen LogP) is 4.65. The summed E-state index contributed by atoms with van der Waals surface area (Å²) in [4.78, 5) is 12.4. The van der Waals surface area contributed by atoms with Crippen molar-refractivity contribution in [1.29, 1.82) is 0 Å². The topological polar surface area (TPSA) is 48.7 Å². The third-order valence-corrected chi connectivity index (χ3v) is 5.01. The number of ether oxygens (including phenoxy) is 2. The van der Waals surface area contributed by atoms with E-state index in [4.69, 9.17) is 13.9 Å². The van der Waals surface area contributed by atoms with E-state index >= 15 is 0 Å². The van der Waals surface area contributed by atoms with E-state index in [1.165, 1.54) is 6.42 Å². The standard InChI is InChI=1S/C22H22O4/c1-24-16-9-7-15(8-10-16)14-25-17-11-12-19-18-5-3-2-4-6-20(18)22(23)26-21(19)13-17/h7-13H,2-6,14H2,1H3. The van der Waals surface area contributed by atoms with Gasteiger partial charge in [0, 0.05) is 17.0 Å². The molecule has 0 bridgehead atoms. The van der Waals surface area contributed by atoms with Gasteiger partial charge in [-0.3, -0.25) is 0 Å². The fourth-order valence-electron chi connectivity index (χ4n) is 3.58. The number of hydrogen-bond donors (Lipinski definition) is 0. The van der Waals surface area contributed by atoms with Crippen molar-refractivity contribution in [1.82, 2.24) is 0 Å². The summed E-state index contributed by atoms with van der Waals surface area (Å²) < 4.78 is 16.6. The number of rotatable bonds is 4. The molecule has 1 aromatic heterocycles. The molecular formula is C22H22O4. The molecule has 0 saturated carbocycles. The number of benzene rings is 2. The molecule has 1 aliphatic carbocycles. The molecule has 26 heavy (non-hydrogen) atoms. The molecule has 0 saturated heterocycles. The second kappa shape index (κ2) is 7.24. The molecule has 0 amide bonds. The first-order chi connectivity index (χ1) is 12.7. The lowest BCUT2D eigenvalue weighted by atomic mass is 10.0. The number of methoxy groups -OCH3 is 1. The van der Waals surface area contributed by atoms with Crippen molar-refractivity contribution >= 4 is 11.0 Å². The highest BCUT2D eigenvalue weighted by atomic mass is 16.5.